The lowest BCUT2D eigenvalue weighted by molar-refractivity contribution is 0.198. The predicted molar refractivity (Wildman–Crippen MR) is 89.8 cm³/mol. The molecular weight excluding hydrogens is 270 g/mol. The van der Waals surface area contributed by atoms with Crippen molar-refractivity contribution in [2.75, 3.05) is 14.1 Å². The second kappa shape index (κ2) is 5.44. The van der Waals surface area contributed by atoms with Crippen molar-refractivity contribution in [2.24, 2.45) is 0 Å². The molecule has 3 atom stereocenters. The molecule has 0 aromatic heterocycles. The molecule has 2 heteroatoms. The zero-order valence-electron chi connectivity index (χ0n) is 13.3. The summed E-state index contributed by atoms with van der Waals surface area (Å²) in [5.74, 6) is 3.23. The van der Waals surface area contributed by atoms with E-state index in [0.717, 1.165) is 11.5 Å². The molecule has 4 rings (SSSR count). The number of hydrogen-bond acceptors (Lipinski definition) is 2. The number of nitrogens with zero attached hydrogens (tertiary/aromatic N) is 1. The van der Waals surface area contributed by atoms with Crippen LogP contribution >= 0.6 is 0 Å². The van der Waals surface area contributed by atoms with Crippen LogP contribution in [0.5, 0.6) is 11.5 Å². The fourth-order valence-electron chi connectivity index (χ4n) is 4.21. The summed E-state index contributed by atoms with van der Waals surface area (Å²) >= 11 is 0. The Labute approximate surface area is 132 Å². The van der Waals surface area contributed by atoms with Crippen LogP contribution in [0.4, 0.5) is 0 Å². The largest absolute Gasteiger partial charge is 0.457 e. The highest BCUT2D eigenvalue weighted by atomic mass is 16.5. The van der Waals surface area contributed by atoms with Gasteiger partial charge in [0, 0.05) is 6.04 Å². The molecule has 3 unspecified atom stereocenters. The van der Waals surface area contributed by atoms with Crippen molar-refractivity contribution >= 4 is 0 Å². The molecule has 1 aliphatic heterocycles. The summed E-state index contributed by atoms with van der Waals surface area (Å²) < 4.78 is 6.28. The minimum absolute atomic E-state index is 0.556. The Morgan fingerprint density at radius 3 is 2.05 bits per heavy atom. The summed E-state index contributed by atoms with van der Waals surface area (Å²) in [5.41, 5.74) is 2.77. The van der Waals surface area contributed by atoms with Gasteiger partial charge in [0.2, 0.25) is 0 Å². The van der Waals surface area contributed by atoms with Crippen molar-refractivity contribution in [3.63, 3.8) is 0 Å². The van der Waals surface area contributed by atoms with E-state index in [-0.39, 0.29) is 0 Å². The molecule has 0 N–H and O–H groups in total. The third kappa shape index (κ3) is 2.22. The summed E-state index contributed by atoms with van der Waals surface area (Å²) in [7, 11) is 4.41. The highest BCUT2D eigenvalue weighted by Crippen LogP contribution is 2.52. The first-order chi connectivity index (χ1) is 10.7. The highest BCUT2D eigenvalue weighted by molar-refractivity contribution is 5.49. The maximum Gasteiger partial charge on any atom is 0.130 e. The molecule has 1 saturated carbocycles. The van der Waals surface area contributed by atoms with E-state index >= 15 is 0 Å². The topological polar surface area (TPSA) is 12.5 Å². The van der Waals surface area contributed by atoms with Gasteiger partial charge in [-0.1, -0.05) is 36.4 Å². The first-order valence-corrected chi connectivity index (χ1v) is 8.26. The minimum atomic E-state index is 0.556. The van der Waals surface area contributed by atoms with Gasteiger partial charge in [-0.3, -0.25) is 0 Å². The Kier molecular flexibility index (Phi) is 3.42. The molecule has 1 heterocycles. The molecule has 0 saturated heterocycles. The van der Waals surface area contributed by atoms with Crippen molar-refractivity contribution in [2.45, 2.75) is 37.1 Å². The molecule has 0 bridgehead atoms. The van der Waals surface area contributed by atoms with Crippen molar-refractivity contribution < 1.29 is 4.74 Å². The number of rotatable bonds is 1. The van der Waals surface area contributed by atoms with Crippen LogP contribution in [0.25, 0.3) is 0 Å². The lowest BCUT2D eigenvalue weighted by Crippen LogP contribution is -2.35. The number of hydrogen-bond donors (Lipinski definition) is 0. The Hall–Kier alpha value is -1.80. The van der Waals surface area contributed by atoms with E-state index in [1.54, 1.807) is 0 Å². The quantitative estimate of drug-likeness (QED) is 0.750. The van der Waals surface area contributed by atoms with Crippen molar-refractivity contribution in [1.82, 2.24) is 4.90 Å². The fourth-order valence-corrected chi connectivity index (χ4v) is 4.21. The highest BCUT2D eigenvalue weighted by Gasteiger charge is 2.37. The first-order valence-electron chi connectivity index (χ1n) is 8.26. The van der Waals surface area contributed by atoms with Gasteiger partial charge in [0.25, 0.3) is 0 Å². The van der Waals surface area contributed by atoms with Crippen LogP contribution < -0.4 is 4.74 Å². The Bertz CT molecular complexity index is 679. The van der Waals surface area contributed by atoms with Gasteiger partial charge in [-0.25, -0.2) is 0 Å². The van der Waals surface area contributed by atoms with E-state index in [9.17, 15) is 0 Å². The van der Waals surface area contributed by atoms with Gasteiger partial charge in [-0.15, -0.1) is 0 Å². The maximum atomic E-state index is 6.28. The van der Waals surface area contributed by atoms with Crippen LogP contribution in [-0.2, 0) is 0 Å². The molecule has 0 spiro atoms. The number of benzene rings is 2. The third-order valence-electron chi connectivity index (χ3n) is 5.41. The second-order valence-corrected chi connectivity index (χ2v) is 6.82. The van der Waals surface area contributed by atoms with Crippen molar-refractivity contribution in [3.8, 4) is 11.5 Å². The number of ether oxygens (including phenoxy) is 1. The SMILES string of the molecule is CN(C)C1CCC2c3ccccc3Oc3ccccc3C2C1. The van der Waals surface area contributed by atoms with E-state index in [1.807, 2.05) is 0 Å². The molecule has 2 nitrogen and oxygen atoms in total. The predicted octanol–water partition coefficient (Wildman–Crippen LogP) is 4.77. The molecule has 1 aliphatic carbocycles. The van der Waals surface area contributed by atoms with Gasteiger partial charge in [0.15, 0.2) is 0 Å². The van der Waals surface area contributed by atoms with Crippen molar-refractivity contribution in [3.05, 3.63) is 59.7 Å². The average Bonchev–Trinajstić information content (AvgIpc) is 2.69. The van der Waals surface area contributed by atoms with Crippen LogP contribution in [0.1, 0.15) is 42.2 Å². The maximum absolute atomic E-state index is 6.28. The molecule has 22 heavy (non-hydrogen) atoms. The fraction of sp³-hybridized carbons (Fsp3) is 0.400. The van der Waals surface area contributed by atoms with Crippen LogP contribution in [0.2, 0.25) is 0 Å². The van der Waals surface area contributed by atoms with Gasteiger partial charge in [-0.05, 0) is 68.5 Å². The van der Waals surface area contributed by atoms with E-state index in [2.05, 4.69) is 67.5 Å². The molecule has 2 aromatic rings. The van der Waals surface area contributed by atoms with E-state index < -0.39 is 0 Å². The van der Waals surface area contributed by atoms with E-state index in [4.69, 9.17) is 4.74 Å². The number of para-hydroxylation sites is 2. The van der Waals surface area contributed by atoms with E-state index in [0.29, 0.717) is 17.9 Å². The van der Waals surface area contributed by atoms with Crippen LogP contribution in [-0.4, -0.2) is 25.0 Å². The summed E-state index contributed by atoms with van der Waals surface area (Å²) in [5, 5.41) is 0. The van der Waals surface area contributed by atoms with Gasteiger partial charge in [0.1, 0.15) is 11.5 Å². The average molecular weight is 293 g/mol. The molecular formula is C20H23NO. The standard InChI is InChI=1S/C20H23NO/c1-21(2)14-11-12-15-16-7-3-5-9-19(16)22-20-10-6-4-8-17(20)18(15)13-14/h3-10,14-15,18H,11-13H2,1-2H3. The first kappa shape index (κ1) is 13.8. The van der Waals surface area contributed by atoms with E-state index in [1.165, 1.54) is 30.4 Å². The zero-order valence-corrected chi connectivity index (χ0v) is 13.3. The Morgan fingerprint density at radius 2 is 1.41 bits per heavy atom. The molecule has 0 radical (unpaired) electrons. The molecule has 1 fully saturated rings. The second-order valence-electron chi connectivity index (χ2n) is 6.82. The molecule has 2 aliphatic rings. The van der Waals surface area contributed by atoms with Crippen LogP contribution in [0, 0.1) is 0 Å². The smallest absolute Gasteiger partial charge is 0.130 e. The van der Waals surface area contributed by atoms with Crippen LogP contribution in [0.15, 0.2) is 48.5 Å². The van der Waals surface area contributed by atoms with Gasteiger partial charge < -0.3 is 9.64 Å². The summed E-state index contributed by atoms with van der Waals surface area (Å²) in [6, 6.07) is 17.9. The number of fused-ring (bicyclic) bond motifs is 5. The zero-order chi connectivity index (χ0) is 15.1. The lowest BCUT2D eigenvalue weighted by atomic mass is 9.70. The third-order valence-corrected chi connectivity index (χ3v) is 5.41. The van der Waals surface area contributed by atoms with Gasteiger partial charge >= 0.3 is 0 Å². The summed E-state index contributed by atoms with van der Waals surface area (Å²) in [6.45, 7) is 0. The van der Waals surface area contributed by atoms with Gasteiger partial charge in [0.05, 0.1) is 0 Å². The molecule has 114 valence electrons. The minimum Gasteiger partial charge on any atom is -0.457 e. The van der Waals surface area contributed by atoms with Gasteiger partial charge in [-0.2, -0.15) is 0 Å². The Balaban J connectivity index is 1.83. The van der Waals surface area contributed by atoms with Crippen LogP contribution in [0.3, 0.4) is 0 Å². The normalized spacial score (nSPS) is 26.4. The monoisotopic (exact) mass is 293 g/mol. The Morgan fingerprint density at radius 1 is 0.818 bits per heavy atom. The lowest BCUT2D eigenvalue weighted by Gasteiger charge is -2.38. The molecule has 0 amide bonds. The van der Waals surface area contributed by atoms with Crippen molar-refractivity contribution in [1.29, 1.82) is 0 Å². The summed E-state index contributed by atoms with van der Waals surface area (Å²) in [4.78, 5) is 2.39. The summed E-state index contributed by atoms with van der Waals surface area (Å²) in [6.07, 6.45) is 3.72. The molecule has 2 aromatic carbocycles.